The van der Waals surface area contributed by atoms with Crippen molar-refractivity contribution >= 4 is 15.9 Å². The van der Waals surface area contributed by atoms with Crippen LogP contribution < -0.4 is 14.8 Å². The van der Waals surface area contributed by atoms with Crippen LogP contribution in [0.5, 0.6) is 11.5 Å². The van der Waals surface area contributed by atoms with Gasteiger partial charge in [0.15, 0.2) is 11.5 Å². The fourth-order valence-electron chi connectivity index (χ4n) is 2.84. The van der Waals surface area contributed by atoms with Crippen LogP contribution in [0.1, 0.15) is 24.8 Å². The fourth-order valence-corrected chi connectivity index (χ4v) is 3.40. The SMILES string of the molecule is Fc1c(CC2CCNCC2)cc2c(c1Br)OCCCO2. The van der Waals surface area contributed by atoms with Gasteiger partial charge in [0.1, 0.15) is 5.82 Å². The van der Waals surface area contributed by atoms with E-state index in [-0.39, 0.29) is 5.82 Å². The summed E-state index contributed by atoms with van der Waals surface area (Å²) in [5, 5.41) is 3.34. The molecule has 110 valence electrons. The monoisotopic (exact) mass is 343 g/mol. The number of nitrogens with one attached hydrogen (secondary N) is 1. The predicted molar refractivity (Wildman–Crippen MR) is 79.0 cm³/mol. The van der Waals surface area contributed by atoms with Gasteiger partial charge in [-0.3, -0.25) is 0 Å². The summed E-state index contributed by atoms with van der Waals surface area (Å²) in [6.45, 7) is 3.24. The molecule has 3 nitrogen and oxygen atoms in total. The maximum absolute atomic E-state index is 14.5. The molecule has 0 amide bonds. The molecule has 0 bridgehead atoms. The second-order valence-corrected chi connectivity index (χ2v) is 6.23. The smallest absolute Gasteiger partial charge is 0.178 e. The minimum Gasteiger partial charge on any atom is -0.490 e. The van der Waals surface area contributed by atoms with Gasteiger partial charge in [-0.25, -0.2) is 4.39 Å². The first-order chi connectivity index (χ1) is 9.75. The van der Waals surface area contributed by atoms with Crippen molar-refractivity contribution in [2.24, 2.45) is 5.92 Å². The Morgan fingerprint density at radius 2 is 2.00 bits per heavy atom. The summed E-state index contributed by atoms with van der Waals surface area (Å²) < 4.78 is 26.1. The van der Waals surface area contributed by atoms with E-state index in [4.69, 9.17) is 9.47 Å². The molecule has 0 saturated carbocycles. The van der Waals surface area contributed by atoms with Gasteiger partial charge in [0.25, 0.3) is 0 Å². The van der Waals surface area contributed by atoms with E-state index in [2.05, 4.69) is 21.2 Å². The van der Waals surface area contributed by atoms with Gasteiger partial charge in [0.2, 0.25) is 0 Å². The number of halogens is 2. The Labute approximate surface area is 127 Å². The van der Waals surface area contributed by atoms with Crippen LogP contribution in [0.25, 0.3) is 0 Å². The lowest BCUT2D eigenvalue weighted by Crippen LogP contribution is -2.28. The lowest BCUT2D eigenvalue weighted by atomic mass is 9.90. The highest BCUT2D eigenvalue weighted by molar-refractivity contribution is 9.10. The van der Waals surface area contributed by atoms with Crippen molar-refractivity contribution in [2.45, 2.75) is 25.7 Å². The van der Waals surface area contributed by atoms with E-state index in [1.165, 1.54) is 0 Å². The molecule has 0 atom stereocenters. The summed E-state index contributed by atoms with van der Waals surface area (Å²) in [6, 6.07) is 1.82. The normalized spacial score (nSPS) is 19.7. The van der Waals surface area contributed by atoms with Crippen LogP contribution in [-0.2, 0) is 6.42 Å². The average Bonchev–Trinajstić information content (AvgIpc) is 2.71. The standard InChI is InChI=1S/C15H19BrFNO2/c16-13-14(17)11(8-10-2-4-18-5-3-10)9-12-15(13)20-7-1-6-19-12/h9-10,18H,1-8H2. The number of piperidine rings is 1. The molecule has 1 N–H and O–H groups in total. The molecular weight excluding hydrogens is 325 g/mol. The Hall–Kier alpha value is -0.810. The van der Waals surface area contributed by atoms with Crippen LogP contribution >= 0.6 is 15.9 Å². The third-order valence-corrected chi connectivity index (χ3v) is 4.67. The molecule has 20 heavy (non-hydrogen) atoms. The summed E-state index contributed by atoms with van der Waals surface area (Å²) >= 11 is 3.32. The molecule has 1 aromatic rings. The first-order valence-corrected chi connectivity index (χ1v) is 8.02. The van der Waals surface area contributed by atoms with Gasteiger partial charge >= 0.3 is 0 Å². The molecule has 1 saturated heterocycles. The highest BCUT2D eigenvalue weighted by Crippen LogP contribution is 2.41. The molecule has 5 heteroatoms. The number of hydrogen-bond donors (Lipinski definition) is 1. The summed E-state index contributed by atoms with van der Waals surface area (Å²) in [6.07, 6.45) is 3.80. The second kappa shape index (κ2) is 6.31. The largest absolute Gasteiger partial charge is 0.490 e. The number of fused-ring (bicyclic) bond motifs is 1. The van der Waals surface area contributed by atoms with E-state index in [1.807, 2.05) is 6.07 Å². The van der Waals surface area contributed by atoms with Gasteiger partial charge < -0.3 is 14.8 Å². The third kappa shape index (κ3) is 2.93. The van der Waals surface area contributed by atoms with Crippen molar-refractivity contribution in [3.05, 3.63) is 21.9 Å². The van der Waals surface area contributed by atoms with Gasteiger partial charge in [-0.2, -0.15) is 0 Å². The molecular formula is C15H19BrFNO2. The van der Waals surface area contributed by atoms with E-state index in [1.54, 1.807) is 0 Å². The van der Waals surface area contributed by atoms with Crippen LogP contribution in [0.3, 0.4) is 0 Å². The van der Waals surface area contributed by atoms with E-state index in [0.29, 0.717) is 35.1 Å². The van der Waals surface area contributed by atoms with Gasteiger partial charge in [0.05, 0.1) is 17.7 Å². The van der Waals surface area contributed by atoms with Gasteiger partial charge in [-0.1, -0.05) is 0 Å². The van der Waals surface area contributed by atoms with Gasteiger partial charge in [-0.15, -0.1) is 0 Å². The fraction of sp³-hybridized carbons (Fsp3) is 0.600. The van der Waals surface area contributed by atoms with Crippen LogP contribution in [0.2, 0.25) is 0 Å². The summed E-state index contributed by atoms with van der Waals surface area (Å²) in [5.74, 6) is 1.52. The minimum atomic E-state index is -0.201. The third-order valence-electron chi connectivity index (χ3n) is 3.96. The van der Waals surface area contributed by atoms with Crippen LogP contribution in [-0.4, -0.2) is 26.3 Å². The molecule has 2 aliphatic heterocycles. The predicted octanol–water partition coefficient (Wildman–Crippen LogP) is 3.29. The highest BCUT2D eigenvalue weighted by Gasteiger charge is 2.23. The lowest BCUT2D eigenvalue weighted by Gasteiger charge is -2.23. The van der Waals surface area contributed by atoms with Crippen molar-refractivity contribution in [3.8, 4) is 11.5 Å². The van der Waals surface area contributed by atoms with Crippen LogP contribution in [0.4, 0.5) is 4.39 Å². The average molecular weight is 344 g/mol. The number of ether oxygens (including phenoxy) is 2. The Bertz CT molecular complexity index is 489. The second-order valence-electron chi connectivity index (χ2n) is 5.44. The Kier molecular flexibility index (Phi) is 4.46. The Morgan fingerprint density at radius 1 is 1.25 bits per heavy atom. The summed E-state index contributed by atoms with van der Waals surface area (Å²) in [4.78, 5) is 0. The summed E-state index contributed by atoms with van der Waals surface area (Å²) in [5.41, 5.74) is 0.730. The summed E-state index contributed by atoms with van der Waals surface area (Å²) in [7, 11) is 0. The molecule has 2 aliphatic rings. The molecule has 0 spiro atoms. The number of hydrogen-bond acceptors (Lipinski definition) is 3. The zero-order valence-corrected chi connectivity index (χ0v) is 13.0. The van der Waals surface area contributed by atoms with Crippen molar-refractivity contribution < 1.29 is 13.9 Å². The van der Waals surface area contributed by atoms with Crippen molar-refractivity contribution in [2.75, 3.05) is 26.3 Å². The van der Waals surface area contributed by atoms with Crippen molar-refractivity contribution in [3.63, 3.8) is 0 Å². The van der Waals surface area contributed by atoms with E-state index in [0.717, 1.165) is 44.3 Å². The van der Waals surface area contributed by atoms with Gasteiger partial charge in [0, 0.05) is 6.42 Å². The van der Waals surface area contributed by atoms with Crippen molar-refractivity contribution in [1.82, 2.24) is 5.32 Å². The number of benzene rings is 1. The minimum absolute atomic E-state index is 0.201. The van der Waals surface area contributed by atoms with E-state index < -0.39 is 0 Å². The topological polar surface area (TPSA) is 30.5 Å². The van der Waals surface area contributed by atoms with E-state index >= 15 is 0 Å². The van der Waals surface area contributed by atoms with E-state index in [9.17, 15) is 4.39 Å². The molecule has 0 aromatic heterocycles. The molecule has 1 aromatic carbocycles. The molecule has 2 heterocycles. The Morgan fingerprint density at radius 3 is 2.80 bits per heavy atom. The van der Waals surface area contributed by atoms with Crippen LogP contribution in [0.15, 0.2) is 10.5 Å². The lowest BCUT2D eigenvalue weighted by molar-refractivity contribution is 0.296. The zero-order valence-electron chi connectivity index (χ0n) is 11.4. The maximum Gasteiger partial charge on any atom is 0.178 e. The first kappa shape index (κ1) is 14.1. The molecule has 0 unspecified atom stereocenters. The quantitative estimate of drug-likeness (QED) is 0.893. The van der Waals surface area contributed by atoms with Crippen LogP contribution in [0, 0.1) is 11.7 Å². The van der Waals surface area contributed by atoms with Crippen molar-refractivity contribution in [1.29, 1.82) is 0 Å². The molecule has 0 aliphatic carbocycles. The van der Waals surface area contributed by atoms with Gasteiger partial charge in [-0.05, 0) is 65.8 Å². The first-order valence-electron chi connectivity index (χ1n) is 7.23. The Balaban J connectivity index is 1.86. The molecule has 0 radical (unpaired) electrons. The highest BCUT2D eigenvalue weighted by atomic mass is 79.9. The molecule has 1 fully saturated rings. The maximum atomic E-state index is 14.5. The molecule has 3 rings (SSSR count). The zero-order chi connectivity index (χ0) is 13.9. The number of rotatable bonds is 2.